The molecule has 0 saturated carbocycles. The molecule has 0 spiro atoms. The van der Waals surface area contributed by atoms with Crippen molar-refractivity contribution in [1.82, 2.24) is 10.3 Å². The molecule has 4 rings (SSSR count). The van der Waals surface area contributed by atoms with Crippen LogP contribution in [0.1, 0.15) is 5.69 Å². The Morgan fingerprint density at radius 2 is 1.79 bits per heavy atom. The third-order valence-corrected chi connectivity index (χ3v) is 5.47. The van der Waals surface area contributed by atoms with Crippen molar-refractivity contribution in [2.45, 2.75) is 0 Å². The van der Waals surface area contributed by atoms with Gasteiger partial charge in [-0.25, -0.2) is 4.98 Å². The highest BCUT2D eigenvalue weighted by Crippen LogP contribution is 2.26. The molecule has 1 aliphatic rings. The summed E-state index contributed by atoms with van der Waals surface area (Å²) in [6, 6.07) is 16.3. The van der Waals surface area contributed by atoms with Gasteiger partial charge in [0.2, 0.25) is 0 Å². The number of carbonyl (C=O) groups excluding carboxylic acids is 2. The summed E-state index contributed by atoms with van der Waals surface area (Å²) >= 11 is 12.5. The molecular weight excluding hydrogens is 414 g/mol. The minimum Gasteiger partial charge on any atom is -0.298 e. The van der Waals surface area contributed by atoms with E-state index < -0.39 is 11.8 Å². The van der Waals surface area contributed by atoms with E-state index in [-0.39, 0.29) is 10.7 Å². The van der Waals surface area contributed by atoms with E-state index in [2.05, 4.69) is 10.3 Å². The van der Waals surface area contributed by atoms with Gasteiger partial charge in [0.1, 0.15) is 10.6 Å². The number of thiazole rings is 1. The summed E-state index contributed by atoms with van der Waals surface area (Å²) < 4.78 is 0. The maximum atomic E-state index is 13.0. The number of carbonyl (C=O) groups is 2. The van der Waals surface area contributed by atoms with Crippen molar-refractivity contribution < 1.29 is 9.59 Å². The first-order valence-corrected chi connectivity index (χ1v) is 9.87. The summed E-state index contributed by atoms with van der Waals surface area (Å²) in [4.78, 5) is 31.1. The van der Waals surface area contributed by atoms with E-state index in [4.69, 9.17) is 23.8 Å². The third kappa shape index (κ3) is 3.60. The van der Waals surface area contributed by atoms with Gasteiger partial charge in [0.25, 0.3) is 11.8 Å². The van der Waals surface area contributed by atoms with E-state index in [1.807, 2.05) is 30.3 Å². The van der Waals surface area contributed by atoms with Gasteiger partial charge in [-0.1, -0.05) is 41.9 Å². The van der Waals surface area contributed by atoms with Gasteiger partial charge in [0, 0.05) is 16.0 Å². The normalized spacial score (nSPS) is 15.8. The molecule has 0 unspecified atom stereocenters. The van der Waals surface area contributed by atoms with Gasteiger partial charge in [0.05, 0.1) is 11.4 Å². The number of hydrogen-bond acceptors (Lipinski definition) is 5. The lowest BCUT2D eigenvalue weighted by Crippen LogP contribution is -2.54. The quantitative estimate of drug-likeness (QED) is 0.386. The summed E-state index contributed by atoms with van der Waals surface area (Å²) in [5.74, 6) is -1.06. The molecule has 0 bridgehead atoms. The van der Waals surface area contributed by atoms with Crippen molar-refractivity contribution in [3.63, 3.8) is 0 Å². The van der Waals surface area contributed by atoms with E-state index in [9.17, 15) is 9.59 Å². The number of hydrogen-bond donors (Lipinski definition) is 1. The average molecular weight is 426 g/mol. The van der Waals surface area contributed by atoms with Crippen LogP contribution in [0.25, 0.3) is 16.6 Å². The lowest BCUT2D eigenvalue weighted by molar-refractivity contribution is -0.122. The predicted molar refractivity (Wildman–Crippen MR) is 115 cm³/mol. The third-order valence-electron chi connectivity index (χ3n) is 4.02. The molecule has 3 aromatic rings. The molecule has 1 aliphatic heterocycles. The molecule has 2 amide bonds. The molecule has 2 aromatic carbocycles. The largest absolute Gasteiger partial charge is 0.298 e. The first kappa shape index (κ1) is 18.5. The molecule has 0 aliphatic carbocycles. The van der Waals surface area contributed by atoms with Gasteiger partial charge in [0.15, 0.2) is 5.11 Å². The SMILES string of the molecule is O=C1NC(=S)N(c2ccc(Cl)cc2)C(=O)/C1=C/c1csc(-c2ccccc2)n1. The zero-order valence-corrected chi connectivity index (χ0v) is 16.6. The average Bonchev–Trinajstić information content (AvgIpc) is 3.16. The minimum absolute atomic E-state index is 0.0257. The fraction of sp³-hybridized carbons (Fsp3) is 0. The molecule has 8 heteroatoms. The molecule has 2 heterocycles. The standard InChI is InChI=1S/C20H12ClN3O2S2/c21-13-6-8-15(9-7-13)24-19(26)16(17(25)23-20(24)27)10-14-11-28-18(22-14)12-4-2-1-3-5-12/h1-11H,(H,23,25,27)/b16-10+. The number of thiocarbonyl (C=S) groups is 1. The number of halogens is 1. The summed E-state index contributed by atoms with van der Waals surface area (Å²) in [7, 11) is 0. The van der Waals surface area contributed by atoms with Crippen LogP contribution in [-0.2, 0) is 9.59 Å². The summed E-state index contributed by atoms with van der Waals surface area (Å²) in [5, 5.41) is 5.72. The van der Waals surface area contributed by atoms with Gasteiger partial charge in [-0.3, -0.25) is 19.8 Å². The number of rotatable bonds is 3. The van der Waals surface area contributed by atoms with Crippen molar-refractivity contribution in [2.75, 3.05) is 4.90 Å². The van der Waals surface area contributed by atoms with Crippen molar-refractivity contribution in [2.24, 2.45) is 0 Å². The van der Waals surface area contributed by atoms with E-state index in [0.717, 1.165) is 10.6 Å². The monoisotopic (exact) mass is 425 g/mol. The van der Waals surface area contributed by atoms with Crippen LogP contribution in [0.4, 0.5) is 5.69 Å². The van der Waals surface area contributed by atoms with Crippen molar-refractivity contribution in [3.05, 3.63) is 76.3 Å². The smallest absolute Gasteiger partial charge is 0.270 e. The number of nitrogens with one attached hydrogen (secondary N) is 1. The Morgan fingerprint density at radius 1 is 1.07 bits per heavy atom. The maximum Gasteiger partial charge on any atom is 0.270 e. The fourth-order valence-corrected chi connectivity index (χ4v) is 3.89. The Labute approximate surface area is 175 Å². The number of aromatic nitrogens is 1. The van der Waals surface area contributed by atoms with Gasteiger partial charge in [-0.15, -0.1) is 11.3 Å². The lowest BCUT2D eigenvalue weighted by atomic mass is 10.1. The highest BCUT2D eigenvalue weighted by Gasteiger charge is 2.34. The molecule has 0 radical (unpaired) electrons. The fourth-order valence-electron chi connectivity index (χ4n) is 2.70. The Kier molecular flexibility index (Phi) is 5.04. The molecular formula is C20H12ClN3O2S2. The second-order valence-electron chi connectivity index (χ2n) is 5.88. The van der Waals surface area contributed by atoms with Crippen molar-refractivity contribution in [1.29, 1.82) is 0 Å². The number of nitrogens with zero attached hydrogens (tertiary/aromatic N) is 2. The van der Waals surface area contributed by atoms with E-state index in [1.165, 1.54) is 22.3 Å². The Bertz CT molecular complexity index is 1110. The predicted octanol–water partition coefficient (Wildman–Crippen LogP) is 4.29. The van der Waals surface area contributed by atoms with Crippen molar-refractivity contribution in [3.8, 4) is 10.6 Å². The van der Waals surface area contributed by atoms with Crippen molar-refractivity contribution >= 4 is 63.8 Å². The zero-order chi connectivity index (χ0) is 19.7. The molecule has 1 saturated heterocycles. The van der Waals surface area contributed by atoms with E-state index >= 15 is 0 Å². The van der Waals surface area contributed by atoms with Crippen LogP contribution < -0.4 is 10.2 Å². The van der Waals surface area contributed by atoms with E-state index in [0.29, 0.717) is 16.4 Å². The Balaban J connectivity index is 1.67. The maximum absolute atomic E-state index is 13.0. The number of anilines is 1. The van der Waals surface area contributed by atoms with Gasteiger partial charge in [-0.2, -0.15) is 0 Å². The summed E-state index contributed by atoms with van der Waals surface area (Å²) in [6.07, 6.45) is 1.48. The van der Waals surface area contributed by atoms with Crippen LogP contribution >= 0.6 is 35.2 Å². The second kappa shape index (κ2) is 7.63. The van der Waals surface area contributed by atoms with E-state index in [1.54, 1.807) is 29.6 Å². The van der Waals surface area contributed by atoms with Crippen LogP contribution in [0.2, 0.25) is 5.02 Å². The lowest BCUT2D eigenvalue weighted by Gasteiger charge is -2.28. The van der Waals surface area contributed by atoms with Gasteiger partial charge >= 0.3 is 0 Å². The van der Waals surface area contributed by atoms with Gasteiger partial charge in [-0.05, 0) is 42.6 Å². The highest BCUT2D eigenvalue weighted by molar-refractivity contribution is 7.80. The van der Waals surface area contributed by atoms with Crippen LogP contribution in [0.5, 0.6) is 0 Å². The van der Waals surface area contributed by atoms with Gasteiger partial charge < -0.3 is 0 Å². The molecule has 5 nitrogen and oxygen atoms in total. The first-order valence-electron chi connectivity index (χ1n) is 8.21. The first-order chi connectivity index (χ1) is 13.5. The molecule has 1 fully saturated rings. The van der Waals surface area contributed by atoms with Crippen LogP contribution in [0.3, 0.4) is 0 Å². The molecule has 138 valence electrons. The Morgan fingerprint density at radius 3 is 2.50 bits per heavy atom. The highest BCUT2D eigenvalue weighted by atomic mass is 35.5. The summed E-state index contributed by atoms with van der Waals surface area (Å²) in [5.41, 5.74) is 1.99. The number of amides is 2. The van der Waals surface area contributed by atoms with Crippen LogP contribution in [0, 0.1) is 0 Å². The minimum atomic E-state index is -0.547. The molecule has 0 atom stereocenters. The molecule has 1 aromatic heterocycles. The topological polar surface area (TPSA) is 62.3 Å². The molecule has 28 heavy (non-hydrogen) atoms. The number of benzene rings is 2. The Hall–Kier alpha value is -2.87. The zero-order valence-electron chi connectivity index (χ0n) is 14.3. The van der Waals surface area contributed by atoms with Crippen LogP contribution in [0.15, 0.2) is 65.6 Å². The summed E-state index contributed by atoms with van der Waals surface area (Å²) in [6.45, 7) is 0. The van der Waals surface area contributed by atoms with Crippen LogP contribution in [-0.4, -0.2) is 21.9 Å². The second-order valence-corrected chi connectivity index (χ2v) is 7.56. The molecule has 1 N–H and O–H groups in total.